The largest absolute Gasteiger partial charge is 0.340 e. The summed E-state index contributed by atoms with van der Waals surface area (Å²) in [6.07, 6.45) is 5.39. The Bertz CT molecular complexity index is 492. The molecule has 1 atom stereocenters. The average Bonchev–Trinajstić information content (AvgIpc) is 2.80. The number of amides is 1. The zero-order valence-electron chi connectivity index (χ0n) is 12.7. The molecule has 0 N–H and O–H groups in total. The van der Waals surface area contributed by atoms with Gasteiger partial charge in [0, 0.05) is 39.3 Å². The van der Waals surface area contributed by atoms with Crippen molar-refractivity contribution in [2.24, 2.45) is 0 Å². The van der Waals surface area contributed by atoms with E-state index in [1.807, 2.05) is 11.0 Å². The second kappa shape index (κ2) is 6.89. The van der Waals surface area contributed by atoms with E-state index in [0.29, 0.717) is 26.1 Å². The molecular weight excluding hydrogens is 290 g/mol. The summed E-state index contributed by atoms with van der Waals surface area (Å²) in [6, 6.07) is -0.494. The van der Waals surface area contributed by atoms with Gasteiger partial charge < -0.3 is 4.90 Å². The highest BCUT2D eigenvalue weighted by atomic mass is 32.2. The van der Waals surface area contributed by atoms with Gasteiger partial charge in [-0.3, -0.25) is 9.69 Å². The first-order valence-electron chi connectivity index (χ1n) is 7.52. The van der Waals surface area contributed by atoms with Crippen LogP contribution in [0, 0.1) is 0 Å². The Morgan fingerprint density at radius 2 is 1.95 bits per heavy atom. The molecule has 21 heavy (non-hydrogen) atoms. The van der Waals surface area contributed by atoms with E-state index in [-0.39, 0.29) is 5.91 Å². The lowest BCUT2D eigenvalue weighted by Crippen LogP contribution is -2.48. The molecule has 2 aliphatic rings. The van der Waals surface area contributed by atoms with E-state index in [1.165, 1.54) is 10.6 Å². The zero-order chi connectivity index (χ0) is 15.5. The number of hydrogen-bond donors (Lipinski definition) is 0. The topological polar surface area (TPSA) is 60.9 Å². The molecular formula is C14H25N3O3S. The molecule has 0 bridgehead atoms. The fraction of sp³-hybridized carbons (Fsp3) is 0.786. The molecule has 2 rings (SSSR count). The van der Waals surface area contributed by atoms with Gasteiger partial charge in [-0.25, -0.2) is 8.42 Å². The molecule has 0 aromatic carbocycles. The van der Waals surface area contributed by atoms with Gasteiger partial charge in [-0.05, 0) is 19.3 Å². The van der Waals surface area contributed by atoms with Crippen molar-refractivity contribution in [3.63, 3.8) is 0 Å². The van der Waals surface area contributed by atoms with Crippen LogP contribution in [0.25, 0.3) is 0 Å². The fourth-order valence-corrected chi connectivity index (χ4v) is 4.27. The number of sulfonamides is 1. The van der Waals surface area contributed by atoms with Gasteiger partial charge in [-0.1, -0.05) is 6.08 Å². The fourth-order valence-electron chi connectivity index (χ4n) is 3.15. The second-order valence-electron chi connectivity index (χ2n) is 5.80. The lowest BCUT2D eigenvalue weighted by Gasteiger charge is -2.28. The predicted molar refractivity (Wildman–Crippen MR) is 82.4 cm³/mol. The first-order valence-corrected chi connectivity index (χ1v) is 9.37. The van der Waals surface area contributed by atoms with E-state index in [1.54, 1.807) is 0 Å². The SMILES string of the molecule is C=CCN1CCCN(C(=O)[C@H]2CCCN2S(C)(=O)=O)CC1. The second-order valence-corrected chi connectivity index (χ2v) is 7.73. The van der Waals surface area contributed by atoms with Crippen molar-refractivity contribution in [2.45, 2.75) is 25.3 Å². The van der Waals surface area contributed by atoms with Crippen LogP contribution in [0.4, 0.5) is 0 Å². The molecule has 0 aromatic rings. The third-order valence-electron chi connectivity index (χ3n) is 4.20. The van der Waals surface area contributed by atoms with Gasteiger partial charge in [0.05, 0.1) is 6.26 Å². The number of carbonyl (C=O) groups excluding carboxylic acids is 1. The van der Waals surface area contributed by atoms with Crippen LogP contribution >= 0.6 is 0 Å². The number of rotatable bonds is 4. The van der Waals surface area contributed by atoms with Crippen molar-refractivity contribution in [3.05, 3.63) is 12.7 Å². The Kier molecular flexibility index (Phi) is 5.40. The van der Waals surface area contributed by atoms with E-state index in [2.05, 4.69) is 11.5 Å². The Morgan fingerprint density at radius 3 is 2.62 bits per heavy atom. The molecule has 0 radical (unpaired) electrons. The Morgan fingerprint density at radius 1 is 1.19 bits per heavy atom. The molecule has 7 heteroatoms. The van der Waals surface area contributed by atoms with Gasteiger partial charge >= 0.3 is 0 Å². The highest BCUT2D eigenvalue weighted by Crippen LogP contribution is 2.22. The number of carbonyl (C=O) groups is 1. The molecule has 2 aliphatic heterocycles. The minimum atomic E-state index is -3.30. The predicted octanol–water partition coefficient (Wildman–Crippen LogP) is 0.131. The smallest absolute Gasteiger partial charge is 0.241 e. The van der Waals surface area contributed by atoms with E-state index in [9.17, 15) is 13.2 Å². The quantitative estimate of drug-likeness (QED) is 0.692. The molecule has 1 amide bonds. The highest BCUT2D eigenvalue weighted by Gasteiger charge is 2.38. The average molecular weight is 315 g/mol. The summed E-state index contributed by atoms with van der Waals surface area (Å²) in [7, 11) is -3.30. The molecule has 0 saturated carbocycles. The molecule has 2 fully saturated rings. The summed E-state index contributed by atoms with van der Waals surface area (Å²) in [5, 5.41) is 0. The van der Waals surface area contributed by atoms with Gasteiger partial charge in [0.25, 0.3) is 0 Å². The summed E-state index contributed by atoms with van der Waals surface area (Å²) in [6.45, 7) is 8.20. The van der Waals surface area contributed by atoms with E-state index in [4.69, 9.17) is 0 Å². The van der Waals surface area contributed by atoms with Crippen molar-refractivity contribution in [3.8, 4) is 0 Å². The summed E-state index contributed by atoms with van der Waals surface area (Å²) in [4.78, 5) is 16.8. The summed E-state index contributed by atoms with van der Waals surface area (Å²) >= 11 is 0. The molecule has 0 aliphatic carbocycles. The van der Waals surface area contributed by atoms with Crippen molar-refractivity contribution in [2.75, 3.05) is 45.5 Å². The third-order valence-corrected chi connectivity index (χ3v) is 5.49. The monoisotopic (exact) mass is 315 g/mol. The Labute approximate surface area is 127 Å². The maximum Gasteiger partial charge on any atom is 0.241 e. The molecule has 0 aromatic heterocycles. The Hall–Kier alpha value is -0.920. The van der Waals surface area contributed by atoms with Crippen LogP contribution in [-0.4, -0.2) is 80.0 Å². The molecule has 2 heterocycles. The van der Waals surface area contributed by atoms with Gasteiger partial charge in [0.1, 0.15) is 6.04 Å². The minimum absolute atomic E-state index is 0.0293. The van der Waals surface area contributed by atoms with E-state index < -0.39 is 16.1 Å². The summed E-state index contributed by atoms with van der Waals surface area (Å²) in [5.74, 6) is -0.0293. The summed E-state index contributed by atoms with van der Waals surface area (Å²) < 4.78 is 24.9. The van der Waals surface area contributed by atoms with Crippen LogP contribution in [0.3, 0.4) is 0 Å². The number of nitrogens with zero attached hydrogens (tertiary/aromatic N) is 3. The van der Waals surface area contributed by atoms with Crippen LogP contribution in [-0.2, 0) is 14.8 Å². The maximum atomic E-state index is 12.7. The van der Waals surface area contributed by atoms with Crippen molar-refractivity contribution in [1.82, 2.24) is 14.1 Å². The molecule has 0 spiro atoms. The normalized spacial score (nSPS) is 25.8. The van der Waals surface area contributed by atoms with Crippen molar-refractivity contribution < 1.29 is 13.2 Å². The van der Waals surface area contributed by atoms with Crippen LogP contribution in [0.5, 0.6) is 0 Å². The van der Waals surface area contributed by atoms with E-state index in [0.717, 1.165) is 32.5 Å². The minimum Gasteiger partial charge on any atom is -0.340 e. The van der Waals surface area contributed by atoms with Gasteiger partial charge in [-0.15, -0.1) is 6.58 Å². The molecule has 2 saturated heterocycles. The lowest BCUT2D eigenvalue weighted by molar-refractivity contribution is -0.134. The van der Waals surface area contributed by atoms with Gasteiger partial charge in [-0.2, -0.15) is 4.31 Å². The van der Waals surface area contributed by atoms with Gasteiger partial charge in [0.2, 0.25) is 15.9 Å². The maximum absolute atomic E-state index is 12.7. The number of hydrogen-bond acceptors (Lipinski definition) is 4. The standard InChI is InChI=1S/C14H25N3O3S/c1-3-7-15-8-5-9-16(12-11-15)14(18)13-6-4-10-17(13)21(2,19)20/h3,13H,1,4-12H2,2H3/t13-/m1/s1. The lowest BCUT2D eigenvalue weighted by atomic mass is 10.2. The van der Waals surface area contributed by atoms with Crippen LogP contribution < -0.4 is 0 Å². The molecule has 6 nitrogen and oxygen atoms in total. The van der Waals surface area contributed by atoms with Crippen molar-refractivity contribution >= 4 is 15.9 Å². The highest BCUT2D eigenvalue weighted by molar-refractivity contribution is 7.88. The summed E-state index contributed by atoms with van der Waals surface area (Å²) in [5.41, 5.74) is 0. The molecule has 0 unspecified atom stereocenters. The van der Waals surface area contributed by atoms with Crippen LogP contribution in [0.1, 0.15) is 19.3 Å². The van der Waals surface area contributed by atoms with Crippen LogP contribution in [0.2, 0.25) is 0 Å². The van der Waals surface area contributed by atoms with Gasteiger partial charge in [0.15, 0.2) is 0 Å². The third kappa shape index (κ3) is 4.05. The molecule has 120 valence electrons. The van der Waals surface area contributed by atoms with Crippen molar-refractivity contribution in [1.29, 1.82) is 0 Å². The first kappa shape index (κ1) is 16.5. The zero-order valence-corrected chi connectivity index (χ0v) is 13.5. The van der Waals surface area contributed by atoms with E-state index >= 15 is 0 Å². The Balaban J connectivity index is 2.01. The first-order chi connectivity index (χ1) is 9.93. The van der Waals surface area contributed by atoms with Crippen LogP contribution in [0.15, 0.2) is 12.7 Å².